The summed E-state index contributed by atoms with van der Waals surface area (Å²) in [6.07, 6.45) is 0.561. The van der Waals surface area contributed by atoms with E-state index in [9.17, 15) is 14.7 Å². The number of aliphatic hydroxyl groups excluding tert-OH is 1. The Kier molecular flexibility index (Phi) is 7.72. The molecule has 36 heavy (non-hydrogen) atoms. The molecule has 0 aromatic heterocycles. The Bertz CT molecular complexity index is 1220. The fourth-order valence-electron chi connectivity index (χ4n) is 4.65. The largest absolute Gasteiger partial charge is 0.366 e. The maximum atomic E-state index is 13.1. The molecule has 0 aliphatic carbocycles. The summed E-state index contributed by atoms with van der Waals surface area (Å²) in [6, 6.07) is 20.7. The number of likely N-dealkylation sites (tertiary alicyclic amines) is 1. The van der Waals surface area contributed by atoms with Crippen LogP contribution in [0, 0.1) is 6.92 Å². The molecule has 1 saturated heterocycles. The summed E-state index contributed by atoms with van der Waals surface area (Å²) < 4.78 is 0. The molecule has 3 aromatic carbocycles. The molecule has 1 aliphatic heterocycles. The van der Waals surface area contributed by atoms with Gasteiger partial charge < -0.3 is 21.5 Å². The lowest BCUT2D eigenvalue weighted by Crippen LogP contribution is -2.48. The predicted octanol–water partition coefficient (Wildman–Crippen LogP) is 4.68. The lowest BCUT2D eigenvalue weighted by Gasteiger charge is -2.29. The molecule has 3 aromatic rings. The van der Waals surface area contributed by atoms with Gasteiger partial charge in [0.1, 0.15) is 0 Å². The molecule has 0 radical (unpaired) electrons. The number of rotatable bonds is 8. The van der Waals surface area contributed by atoms with Crippen molar-refractivity contribution >= 4 is 23.2 Å². The zero-order valence-corrected chi connectivity index (χ0v) is 21.0. The van der Waals surface area contributed by atoms with Crippen molar-refractivity contribution in [2.45, 2.75) is 51.9 Å². The molecule has 7 nitrogen and oxygen atoms in total. The number of hydrogen-bond donors (Lipinski definition) is 4. The van der Waals surface area contributed by atoms with Crippen LogP contribution in [0.2, 0.25) is 0 Å². The number of primary amides is 1. The van der Waals surface area contributed by atoms with Gasteiger partial charge in [-0.15, -0.1) is 0 Å². The second kappa shape index (κ2) is 10.9. The molecular weight excluding hydrogens is 452 g/mol. The van der Waals surface area contributed by atoms with Gasteiger partial charge in [0.05, 0.1) is 6.04 Å². The summed E-state index contributed by atoms with van der Waals surface area (Å²) in [5.41, 5.74) is 11.4. The number of benzene rings is 3. The predicted molar refractivity (Wildman–Crippen MR) is 144 cm³/mol. The Morgan fingerprint density at radius 3 is 2.22 bits per heavy atom. The smallest absolute Gasteiger partial charge is 0.248 e. The first-order valence-corrected chi connectivity index (χ1v) is 12.3. The molecule has 2 atom stereocenters. The summed E-state index contributed by atoms with van der Waals surface area (Å²) in [5.74, 6) is -0.142. The molecule has 1 unspecified atom stereocenters. The quantitative estimate of drug-likeness (QED) is 0.346. The minimum absolute atomic E-state index is 0.141. The van der Waals surface area contributed by atoms with Gasteiger partial charge in [0.2, 0.25) is 11.8 Å². The van der Waals surface area contributed by atoms with E-state index < -0.39 is 18.3 Å². The number of hydrogen-bond acceptors (Lipinski definition) is 5. The first-order valence-electron chi connectivity index (χ1n) is 12.3. The number of aryl methyl sites for hydroxylation is 1. The van der Waals surface area contributed by atoms with Crippen molar-refractivity contribution in [1.82, 2.24) is 4.90 Å². The zero-order chi connectivity index (χ0) is 25.8. The van der Waals surface area contributed by atoms with Crippen LogP contribution < -0.4 is 16.4 Å². The average Bonchev–Trinajstić information content (AvgIpc) is 3.35. The Labute approximate surface area is 212 Å². The van der Waals surface area contributed by atoms with Crippen molar-refractivity contribution in [3.05, 3.63) is 83.4 Å². The number of amides is 2. The second-order valence-electron chi connectivity index (χ2n) is 9.65. The van der Waals surface area contributed by atoms with Crippen molar-refractivity contribution < 1.29 is 14.7 Å². The van der Waals surface area contributed by atoms with Gasteiger partial charge in [-0.3, -0.25) is 9.59 Å². The zero-order valence-electron chi connectivity index (χ0n) is 21.0. The molecule has 2 amide bonds. The van der Waals surface area contributed by atoms with E-state index >= 15 is 0 Å². The molecule has 0 saturated carbocycles. The Morgan fingerprint density at radius 2 is 1.61 bits per heavy atom. The highest BCUT2D eigenvalue weighted by molar-refractivity contribution is 5.96. The van der Waals surface area contributed by atoms with E-state index in [1.807, 2.05) is 67.6 Å². The molecule has 4 rings (SSSR count). The molecule has 0 spiro atoms. The molecule has 0 bridgehead atoms. The van der Waals surface area contributed by atoms with Crippen LogP contribution in [-0.2, 0) is 4.79 Å². The number of anilines is 2. The van der Waals surface area contributed by atoms with Gasteiger partial charge in [-0.1, -0.05) is 50.2 Å². The third-order valence-electron chi connectivity index (χ3n) is 6.76. The van der Waals surface area contributed by atoms with Crippen molar-refractivity contribution in [3.8, 4) is 11.1 Å². The van der Waals surface area contributed by atoms with Crippen molar-refractivity contribution in [2.24, 2.45) is 5.73 Å². The molecule has 1 fully saturated rings. The Hall–Kier alpha value is -3.68. The lowest BCUT2D eigenvalue weighted by molar-refractivity contribution is -0.123. The van der Waals surface area contributed by atoms with Gasteiger partial charge in [-0.2, -0.15) is 0 Å². The van der Waals surface area contributed by atoms with Gasteiger partial charge in [0.15, 0.2) is 6.35 Å². The fourth-order valence-corrected chi connectivity index (χ4v) is 4.65. The maximum Gasteiger partial charge on any atom is 0.248 e. The van der Waals surface area contributed by atoms with Crippen LogP contribution in [-0.4, -0.2) is 40.8 Å². The van der Waals surface area contributed by atoms with Crippen molar-refractivity contribution in [2.75, 3.05) is 17.2 Å². The Morgan fingerprint density at radius 1 is 0.972 bits per heavy atom. The van der Waals surface area contributed by atoms with Crippen LogP contribution >= 0.6 is 0 Å². The van der Waals surface area contributed by atoms with E-state index in [2.05, 4.69) is 24.5 Å². The number of carbonyl (C=O) groups excluding carboxylic acids is 2. The number of carbonyl (C=O) groups is 2. The van der Waals surface area contributed by atoms with Crippen molar-refractivity contribution in [3.63, 3.8) is 0 Å². The topological polar surface area (TPSA) is 108 Å². The van der Waals surface area contributed by atoms with Crippen LogP contribution in [0.5, 0.6) is 0 Å². The molecule has 1 aliphatic rings. The van der Waals surface area contributed by atoms with Gasteiger partial charge in [0, 0.05) is 23.5 Å². The summed E-state index contributed by atoms with van der Waals surface area (Å²) in [4.78, 5) is 26.3. The summed E-state index contributed by atoms with van der Waals surface area (Å²) >= 11 is 0. The summed E-state index contributed by atoms with van der Waals surface area (Å²) in [6.45, 7) is 6.77. The molecule has 1 heterocycles. The molecule has 5 N–H and O–H groups in total. The number of nitrogens with zero attached hydrogens (tertiary/aromatic N) is 1. The van der Waals surface area contributed by atoms with Gasteiger partial charge >= 0.3 is 0 Å². The number of nitrogens with one attached hydrogen (secondary N) is 2. The Balaban J connectivity index is 1.38. The molecule has 7 heteroatoms. The summed E-state index contributed by atoms with van der Waals surface area (Å²) in [7, 11) is 0. The second-order valence-corrected chi connectivity index (χ2v) is 9.65. The van der Waals surface area contributed by atoms with Crippen molar-refractivity contribution in [1.29, 1.82) is 0 Å². The van der Waals surface area contributed by atoms with E-state index in [0.717, 1.165) is 28.8 Å². The van der Waals surface area contributed by atoms with E-state index in [0.29, 0.717) is 30.1 Å². The minimum Gasteiger partial charge on any atom is -0.366 e. The van der Waals surface area contributed by atoms with Crippen LogP contribution in [0.15, 0.2) is 66.7 Å². The lowest BCUT2D eigenvalue weighted by atomic mass is 9.99. The maximum absolute atomic E-state index is 13.1. The van der Waals surface area contributed by atoms with Gasteiger partial charge in [0.25, 0.3) is 0 Å². The van der Waals surface area contributed by atoms with Crippen LogP contribution in [0.1, 0.15) is 54.1 Å². The SMILES string of the molecule is Cc1cc(-c2ccc(NC(=O)[C@H]3CCCN3C(O)Nc3ccc(C(C)C)cc3)cc2)ccc1C(N)=O. The third-order valence-corrected chi connectivity index (χ3v) is 6.76. The highest BCUT2D eigenvalue weighted by Gasteiger charge is 2.35. The average molecular weight is 487 g/mol. The highest BCUT2D eigenvalue weighted by Crippen LogP contribution is 2.26. The highest BCUT2D eigenvalue weighted by atomic mass is 16.3. The number of nitrogens with two attached hydrogens (primary N) is 1. The van der Waals surface area contributed by atoms with E-state index in [1.165, 1.54) is 5.56 Å². The van der Waals surface area contributed by atoms with E-state index in [4.69, 9.17) is 5.73 Å². The number of aliphatic hydroxyl groups is 1. The van der Waals surface area contributed by atoms with Gasteiger partial charge in [-0.25, -0.2) is 4.90 Å². The van der Waals surface area contributed by atoms with Gasteiger partial charge in [-0.05, 0) is 78.3 Å². The van der Waals surface area contributed by atoms with Crippen LogP contribution in [0.25, 0.3) is 11.1 Å². The molecule has 188 valence electrons. The van der Waals surface area contributed by atoms with Crippen LogP contribution in [0.3, 0.4) is 0 Å². The molecular formula is C29H34N4O3. The van der Waals surface area contributed by atoms with E-state index in [-0.39, 0.29) is 5.91 Å². The minimum atomic E-state index is -0.956. The first kappa shape index (κ1) is 25.4. The first-order chi connectivity index (χ1) is 17.2. The monoisotopic (exact) mass is 486 g/mol. The van der Waals surface area contributed by atoms with Crippen LogP contribution in [0.4, 0.5) is 11.4 Å². The fraction of sp³-hybridized carbons (Fsp3) is 0.310. The normalized spacial score (nSPS) is 16.6. The van der Waals surface area contributed by atoms with E-state index in [1.54, 1.807) is 11.0 Å². The third kappa shape index (κ3) is 5.75. The summed E-state index contributed by atoms with van der Waals surface area (Å²) in [5, 5.41) is 16.9. The standard InChI is InChI=1S/C29H34N4O3/c1-18(2)20-6-11-24(12-7-20)32-29(36)33-16-4-5-26(33)28(35)31-23-13-8-21(9-14-23)22-10-15-25(27(30)34)19(3)17-22/h6-15,17-18,26,29,32,36H,4-5,16H2,1-3H3,(H2,30,34)(H,31,35)/t26-,29?/m1/s1.